The van der Waals surface area contributed by atoms with E-state index in [-0.39, 0.29) is 17.7 Å². The van der Waals surface area contributed by atoms with Crippen molar-refractivity contribution in [3.63, 3.8) is 0 Å². The maximum absolute atomic E-state index is 12.9. The normalized spacial score (nSPS) is 22.6. The van der Waals surface area contributed by atoms with Crippen molar-refractivity contribution in [3.05, 3.63) is 21.5 Å². The molecule has 132 valence electrons. The van der Waals surface area contributed by atoms with Crippen LogP contribution in [0.2, 0.25) is 0 Å². The lowest BCUT2D eigenvalue weighted by Crippen LogP contribution is -2.32. The van der Waals surface area contributed by atoms with Crippen LogP contribution in [-0.2, 0) is 22.4 Å². The molecular weight excluding hydrogens is 352 g/mol. The molecule has 0 aliphatic heterocycles. The summed E-state index contributed by atoms with van der Waals surface area (Å²) in [5.41, 5.74) is 3.51. The summed E-state index contributed by atoms with van der Waals surface area (Å²) in [4.78, 5) is 30.3. The van der Waals surface area contributed by atoms with Gasteiger partial charge in [-0.1, -0.05) is 12.8 Å². The summed E-state index contributed by atoms with van der Waals surface area (Å²) in [6.45, 7) is 2.00. The largest absolute Gasteiger partial charge is 0.317 e. The number of carbonyl (C=O) groups is 2. The molecule has 25 heavy (non-hydrogen) atoms. The summed E-state index contributed by atoms with van der Waals surface area (Å²) in [7, 11) is 0. The van der Waals surface area contributed by atoms with E-state index in [1.54, 1.807) is 22.7 Å². The molecule has 1 fully saturated rings. The first-order valence-electron chi connectivity index (χ1n) is 9.00. The van der Waals surface area contributed by atoms with E-state index in [0.29, 0.717) is 0 Å². The third-order valence-electron chi connectivity index (χ3n) is 5.32. The van der Waals surface area contributed by atoms with Crippen LogP contribution in [-0.4, -0.2) is 17.2 Å². The first kappa shape index (κ1) is 16.9. The molecule has 2 unspecified atom stereocenters. The van der Waals surface area contributed by atoms with Gasteiger partial charge in [0, 0.05) is 33.4 Å². The van der Waals surface area contributed by atoms with Crippen molar-refractivity contribution in [1.82, 2.24) is 4.98 Å². The molecule has 2 atom stereocenters. The van der Waals surface area contributed by atoms with Crippen molar-refractivity contribution >= 4 is 39.9 Å². The second-order valence-corrected chi connectivity index (χ2v) is 9.00. The maximum atomic E-state index is 12.9. The Bertz CT molecular complexity index is 808. The summed E-state index contributed by atoms with van der Waals surface area (Å²) in [5.74, 6) is -0.313. The number of aldehydes is 1. The van der Waals surface area contributed by atoms with Crippen LogP contribution in [0, 0.1) is 18.8 Å². The predicted molar refractivity (Wildman–Crippen MR) is 102 cm³/mol. The van der Waals surface area contributed by atoms with Gasteiger partial charge in [-0.3, -0.25) is 4.79 Å². The van der Waals surface area contributed by atoms with Crippen LogP contribution in [0.25, 0.3) is 10.6 Å². The summed E-state index contributed by atoms with van der Waals surface area (Å²) < 4.78 is 0. The van der Waals surface area contributed by atoms with Crippen LogP contribution in [0.15, 0.2) is 5.38 Å². The van der Waals surface area contributed by atoms with Crippen molar-refractivity contribution in [2.24, 2.45) is 11.8 Å². The maximum Gasteiger partial charge on any atom is 0.228 e. The van der Waals surface area contributed by atoms with Crippen molar-refractivity contribution in [3.8, 4) is 10.6 Å². The van der Waals surface area contributed by atoms with E-state index in [1.165, 1.54) is 16.9 Å². The van der Waals surface area contributed by atoms with Gasteiger partial charge in [0.25, 0.3) is 0 Å². The van der Waals surface area contributed by atoms with Crippen molar-refractivity contribution < 1.29 is 9.59 Å². The predicted octanol–water partition coefficient (Wildman–Crippen LogP) is 4.61. The number of anilines is 1. The van der Waals surface area contributed by atoms with Crippen LogP contribution >= 0.6 is 22.7 Å². The van der Waals surface area contributed by atoms with Gasteiger partial charge in [0.05, 0.1) is 0 Å². The Labute approximate surface area is 155 Å². The number of nitrogens with zero attached hydrogens (tertiary/aromatic N) is 1. The molecule has 2 aromatic rings. The van der Waals surface area contributed by atoms with Crippen LogP contribution in [0.4, 0.5) is 5.00 Å². The lowest BCUT2D eigenvalue weighted by Gasteiger charge is -2.26. The van der Waals surface area contributed by atoms with Gasteiger partial charge in [0.15, 0.2) is 0 Å². The van der Waals surface area contributed by atoms with Crippen molar-refractivity contribution in [2.75, 3.05) is 5.32 Å². The number of aryl methyl sites for hydroxylation is 2. The molecule has 2 aromatic heterocycles. The third-order valence-corrected chi connectivity index (χ3v) is 7.51. The first-order valence-corrected chi connectivity index (χ1v) is 10.7. The molecule has 0 bridgehead atoms. The number of hydrogen-bond acceptors (Lipinski definition) is 5. The number of thiazole rings is 1. The Morgan fingerprint density at radius 3 is 2.88 bits per heavy atom. The molecule has 1 amide bonds. The third kappa shape index (κ3) is 3.17. The van der Waals surface area contributed by atoms with Gasteiger partial charge >= 0.3 is 0 Å². The van der Waals surface area contributed by atoms with E-state index >= 15 is 0 Å². The van der Waals surface area contributed by atoms with E-state index in [1.807, 2.05) is 6.92 Å². The Morgan fingerprint density at radius 1 is 1.28 bits per heavy atom. The fraction of sp³-hybridized carbons (Fsp3) is 0.526. The molecule has 0 spiro atoms. The molecule has 0 radical (unpaired) electrons. The summed E-state index contributed by atoms with van der Waals surface area (Å²) in [5, 5.41) is 7.16. The minimum absolute atomic E-state index is 0.00579. The molecule has 6 heteroatoms. The van der Waals surface area contributed by atoms with E-state index in [2.05, 4.69) is 15.7 Å². The van der Waals surface area contributed by atoms with Gasteiger partial charge in [0.2, 0.25) is 5.91 Å². The zero-order valence-electron chi connectivity index (χ0n) is 14.3. The van der Waals surface area contributed by atoms with Gasteiger partial charge in [-0.2, -0.15) is 0 Å². The van der Waals surface area contributed by atoms with Crippen LogP contribution in [0.1, 0.15) is 48.2 Å². The molecule has 4 rings (SSSR count). The molecule has 0 saturated heterocycles. The second-order valence-electron chi connectivity index (χ2n) is 7.04. The van der Waals surface area contributed by atoms with Crippen LogP contribution in [0.5, 0.6) is 0 Å². The van der Waals surface area contributed by atoms with E-state index in [4.69, 9.17) is 0 Å². The summed E-state index contributed by atoms with van der Waals surface area (Å²) >= 11 is 3.34. The van der Waals surface area contributed by atoms with E-state index in [0.717, 1.165) is 66.1 Å². The zero-order valence-corrected chi connectivity index (χ0v) is 16.0. The smallest absolute Gasteiger partial charge is 0.228 e. The minimum Gasteiger partial charge on any atom is -0.317 e. The molecular formula is C19H22N2O2S2. The molecule has 1 N–H and O–H groups in total. The number of amides is 1. The quantitative estimate of drug-likeness (QED) is 0.795. The zero-order chi connectivity index (χ0) is 17.4. The standard InChI is InChI=1S/C19H22N2O2S2/c1-11-10-24-18(20-11)16-14-7-4-8-15(14)25-19(16)21-17(23)13-6-3-2-5-12(13)9-22/h9-10,12-13H,2-8H2,1H3,(H,21,23). The number of aromatic nitrogens is 1. The molecule has 0 aromatic carbocycles. The second kappa shape index (κ2) is 7.00. The fourth-order valence-corrected chi connectivity index (χ4v) is 6.27. The Kier molecular flexibility index (Phi) is 4.73. The Morgan fingerprint density at radius 2 is 2.12 bits per heavy atom. The number of hydrogen-bond donors (Lipinski definition) is 1. The molecule has 2 aliphatic rings. The highest BCUT2D eigenvalue weighted by Gasteiger charge is 2.32. The monoisotopic (exact) mass is 374 g/mol. The van der Waals surface area contributed by atoms with Crippen molar-refractivity contribution in [2.45, 2.75) is 51.9 Å². The lowest BCUT2D eigenvalue weighted by atomic mass is 9.79. The highest BCUT2D eigenvalue weighted by Crippen LogP contribution is 2.46. The molecule has 2 aliphatic carbocycles. The Balaban J connectivity index is 1.64. The average Bonchev–Trinajstić information content (AvgIpc) is 3.30. The van der Waals surface area contributed by atoms with Crippen LogP contribution in [0.3, 0.4) is 0 Å². The molecule has 1 saturated carbocycles. The van der Waals surface area contributed by atoms with E-state index < -0.39 is 0 Å². The van der Waals surface area contributed by atoms with Gasteiger partial charge in [-0.25, -0.2) is 4.98 Å². The lowest BCUT2D eigenvalue weighted by molar-refractivity contribution is -0.126. The SMILES string of the molecule is Cc1csc(-c2c(NC(=O)C3CCCCC3C=O)sc3c2CCC3)n1. The fourth-order valence-electron chi connectivity index (χ4n) is 4.04. The van der Waals surface area contributed by atoms with Crippen LogP contribution < -0.4 is 5.32 Å². The number of thiophene rings is 1. The number of nitrogens with one attached hydrogen (secondary N) is 1. The molecule has 4 nitrogen and oxygen atoms in total. The van der Waals surface area contributed by atoms with Crippen molar-refractivity contribution in [1.29, 1.82) is 0 Å². The van der Waals surface area contributed by atoms with E-state index in [9.17, 15) is 9.59 Å². The topological polar surface area (TPSA) is 59.1 Å². The minimum atomic E-state index is -0.186. The number of carbonyl (C=O) groups excluding carboxylic acids is 2. The summed E-state index contributed by atoms with van der Waals surface area (Å²) in [6, 6.07) is 0. The first-order chi connectivity index (χ1) is 12.2. The molecule has 2 heterocycles. The number of fused-ring (bicyclic) bond motifs is 1. The Hall–Kier alpha value is -1.53. The highest BCUT2D eigenvalue weighted by molar-refractivity contribution is 7.18. The average molecular weight is 375 g/mol. The summed E-state index contributed by atoms with van der Waals surface area (Å²) in [6.07, 6.45) is 8.04. The van der Waals surface area contributed by atoms with Gasteiger partial charge in [0.1, 0.15) is 16.3 Å². The van der Waals surface area contributed by atoms with Gasteiger partial charge in [-0.05, 0) is 44.6 Å². The van der Waals surface area contributed by atoms with Gasteiger partial charge < -0.3 is 10.1 Å². The van der Waals surface area contributed by atoms with Gasteiger partial charge in [-0.15, -0.1) is 22.7 Å². The highest BCUT2D eigenvalue weighted by atomic mass is 32.1. The number of rotatable bonds is 4.